The molecule has 1 fully saturated rings. The smallest absolute Gasteiger partial charge is 0.303 e. The molecule has 1 amide bonds. The van der Waals surface area contributed by atoms with Crippen LogP contribution in [0.4, 0.5) is 0 Å². The van der Waals surface area contributed by atoms with Crippen LogP contribution in [0, 0.1) is 0 Å². The third kappa shape index (κ3) is 4.68. The molecular weight excluding hydrogens is 350 g/mol. The van der Waals surface area contributed by atoms with Gasteiger partial charge in [0.25, 0.3) is 0 Å². The number of nitrogens with zero attached hydrogens (tertiary/aromatic N) is 2. The number of primary amides is 1. The number of nitrogens with two attached hydrogens (primary N) is 1. The molecule has 1 aliphatic heterocycles. The second-order valence-electron chi connectivity index (χ2n) is 6.64. The topological polar surface area (TPSA) is 96.5 Å². The number of rotatable bonds is 7. The molecule has 138 valence electrons. The van der Waals surface area contributed by atoms with E-state index in [2.05, 4.69) is 10.3 Å². The fraction of sp³-hybridized carbons (Fsp3) is 0.421. The van der Waals surface area contributed by atoms with Gasteiger partial charge in [0.05, 0.1) is 5.69 Å². The lowest BCUT2D eigenvalue weighted by atomic mass is 9.98. The lowest BCUT2D eigenvalue weighted by Gasteiger charge is -2.35. The van der Waals surface area contributed by atoms with E-state index in [-0.39, 0.29) is 6.42 Å². The molecule has 1 unspecified atom stereocenters. The first-order chi connectivity index (χ1) is 12.5. The maximum atomic E-state index is 11.2. The van der Waals surface area contributed by atoms with Crippen LogP contribution in [0.2, 0.25) is 0 Å². The van der Waals surface area contributed by atoms with E-state index >= 15 is 0 Å². The number of hydrogen-bond acceptors (Lipinski definition) is 5. The normalized spacial score (nSPS) is 17.9. The Morgan fingerprint density at radius 3 is 2.73 bits per heavy atom. The number of aromatic nitrogens is 1. The summed E-state index contributed by atoms with van der Waals surface area (Å²) in [5.41, 5.74) is 7.73. The molecule has 0 saturated carbocycles. The van der Waals surface area contributed by atoms with Crippen molar-refractivity contribution in [2.24, 2.45) is 5.73 Å². The SMILES string of the molecule is NC(=O)c1ccc(-c2nc(CN3CCCCC3CCC(=O)O)cs2)cc1. The maximum absolute atomic E-state index is 11.2. The molecule has 1 aromatic carbocycles. The quantitative estimate of drug-likeness (QED) is 0.777. The van der Waals surface area contributed by atoms with Gasteiger partial charge < -0.3 is 10.8 Å². The van der Waals surface area contributed by atoms with Crippen molar-refractivity contribution in [3.63, 3.8) is 0 Å². The third-order valence-electron chi connectivity index (χ3n) is 4.77. The second kappa shape index (κ2) is 8.42. The largest absolute Gasteiger partial charge is 0.481 e. The number of likely N-dealkylation sites (tertiary alicyclic amines) is 1. The van der Waals surface area contributed by atoms with Crippen molar-refractivity contribution in [1.29, 1.82) is 0 Å². The molecule has 0 radical (unpaired) electrons. The molecule has 26 heavy (non-hydrogen) atoms. The zero-order valence-corrected chi connectivity index (χ0v) is 15.4. The molecule has 3 N–H and O–H groups in total. The molecule has 1 atom stereocenters. The van der Waals surface area contributed by atoms with Crippen molar-refractivity contribution in [3.05, 3.63) is 40.9 Å². The van der Waals surface area contributed by atoms with Crippen molar-refractivity contribution in [2.75, 3.05) is 6.54 Å². The lowest BCUT2D eigenvalue weighted by molar-refractivity contribution is -0.137. The highest BCUT2D eigenvalue weighted by molar-refractivity contribution is 7.13. The maximum Gasteiger partial charge on any atom is 0.303 e. The Morgan fingerprint density at radius 2 is 2.04 bits per heavy atom. The Bertz CT molecular complexity index is 773. The Hall–Kier alpha value is -2.25. The molecule has 1 aliphatic rings. The minimum Gasteiger partial charge on any atom is -0.481 e. The summed E-state index contributed by atoms with van der Waals surface area (Å²) in [6, 6.07) is 7.47. The van der Waals surface area contributed by atoms with Gasteiger partial charge in [0.15, 0.2) is 0 Å². The van der Waals surface area contributed by atoms with Gasteiger partial charge in [-0.25, -0.2) is 4.98 Å². The Kier molecular flexibility index (Phi) is 6.00. The highest BCUT2D eigenvalue weighted by Gasteiger charge is 2.23. The van der Waals surface area contributed by atoms with Gasteiger partial charge >= 0.3 is 5.97 Å². The Balaban J connectivity index is 1.66. The zero-order valence-electron chi connectivity index (χ0n) is 14.6. The Labute approximate surface area is 156 Å². The fourth-order valence-electron chi connectivity index (χ4n) is 3.38. The van der Waals surface area contributed by atoms with E-state index in [4.69, 9.17) is 15.8 Å². The van der Waals surface area contributed by atoms with Crippen LogP contribution in [0.5, 0.6) is 0 Å². The van der Waals surface area contributed by atoms with E-state index in [1.165, 1.54) is 0 Å². The summed E-state index contributed by atoms with van der Waals surface area (Å²) in [4.78, 5) is 29.1. The summed E-state index contributed by atoms with van der Waals surface area (Å²) in [6.45, 7) is 1.74. The molecule has 6 nitrogen and oxygen atoms in total. The lowest BCUT2D eigenvalue weighted by Crippen LogP contribution is -2.39. The van der Waals surface area contributed by atoms with Crippen LogP contribution in [0.1, 0.15) is 48.2 Å². The number of aliphatic carboxylic acids is 1. The molecule has 7 heteroatoms. The van der Waals surface area contributed by atoms with Crippen LogP contribution in [-0.2, 0) is 11.3 Å². The molecule has 1 aromatic heterocycles. The summed E-state index contributed by atoms with van der Waals surface area (Å²) >= 11 is 1.58. The van der Waals surface area contributed by atoms with E-state index in [1.54, 1.807) is 23.5 Å². The fourth-order valence-corrected chi connectivity index (χ4v) is 4.20. The van der Waals surface area contributed by atoms with E-state index in [1.807, 2.05) is 12.1 Å². The van der Waals surface area contributed by atoms with Gasteiger partial charge in [-0.05, 0) is 37.9 Å². The predicted molar refractivity (Wildman–Crippen MR) is 101 cm³/mol. The number of carboxylic acids is 1. The number of carbonyl (C=O) groups is 2. The predicted octanol–water partition coefficient (Wildman–Crippen LogP) is 3.13. The van der Waals surface area contributed by atoms with Crippen molar-refractivity contribution < 1.29 is 14.7 Å². The van der Waals surface area contributed by atoms with Crippen LogP contribution >= 0.6 is 11.3 Å². The molecule has 2 aromatic rings. The molecule has 0 spiro atoms. The van der Waals surface area contributed by atoms with Crippen LogP contribution in [0.15, 0.2) is 29.6 Å². The van der Waals surface area contributed by atoms with Gasteiger partial charge in [0, 0.05) is 35.5 Å². The van der Waals surface area contributed by atoms with Gasteiger partial charge in [0.2, 0.25) is 5.91 Å². The first-order valence-corrected chi connectivity index (χ1v) is 9.71. The first kappa shape index (κ1) is 18.5. The molecule has 0 aliphatic carbocycles. The van der Waals surface area contributed by atoms with Gasteiger partial charge in [-0.1, -0.05) is 18.6 Å². The highest BCUT2D eigenvalue weighted by Crippen LogP contribution is 2.27. The number of benzene rings is 1. The van der Waals surface area contributed by atoms with Crippen molar-refractivity contribution >= 4 is 23.2 Å². The van der Waals surface area contributed by atoms with Crippen LogP contribution in [0.3, 0.4) is 0 Å². The zero-order chi connectivity index (χ0) is 18.5. The minimum atomic E-state index is -0.731. The molecule has 3 rings (SSSR count). The minimum absolute atomic E-state index is 0.218. The summed E-state index contributed by atoms with van der Waals surface area (Å²) in [5, 5.41) is 11.9. The van der Waals surface area contributed by atoms with Gasteiger partial charge in [-0.3, -0.25) is 14.5 Å². The number of hydrogen-bond donors (Lipinski definition) is 2. The first-order valence-electron chi connectivity index (χ1n) is 8.83. The number of carbonyl (C=O) groups excluding carboxylic acids is 1. The number of amides is 1. The molecule has 1 saturated heterocycles. The highest BCUT2D eigenvalue weighted by atomic mass is 32.1. The standard InChI is InChI=1S/C19H23N3O3S/c20-18(25)13-4-6-14(7-5-13)19-21-15(12-26-19)11-22-10-2-1-3-16(22)8-9-17(23)24/h4-7,12,16H,1-3,8-11H2,(H2,20,25)(H,23,24). The summed E-state index contributed by atoms with van der Waals surface area (Å²) in [7, 11) is 0. The van der Waals surface area contributed by atoms with Crippen LogP contribution < -0.4 is 5.73 Å². The summed E-state index contributed by atoms with van der Waals surface area (Å²) < 4.78 is 0. The number of carboxylic acid groups (broad SMARTS) is 1. The second-order valence-corrected chi connectivity index (χ2v) is 7.50. The van der Waals surface area contributed by atoms with Crippen molar-refractivity contribution in [1.82, 2.24) is 9.88 Å². The number of thiazole rings is 1. The van der Waals surface area contributed by atoms with Crippen LogP contribution in [0.25, 0.3) is 10.6 Å². The van der Waals surface area contributed by atoms with Gasteiger partial charge in [0.1, 0.15) is 5.01 Å². The average molecular weight is 373 g/mol. The van der Waals surface area contributed by atoms with Gasteiger partial charge in [-0.15, -0.1) is 11.3 Å². The third-order valence-corrected chi connectivity index (χ3v) is 5.71. The monoisotopic (exact) mass is 373 g/mol. The van der Waals surface area contributed by atoms with E-state index < -0.39 is 11.9 Å². The molecular formula is C19H23N3O3S. The van der Waals surface area contributed by atoms with Crippen LogP contribution in [-0.4, -0.2) is 39.5 Å². The van der Waals surface area contributed by atoms with Crippen molar-refractivity contribution in [2.45, 2.75) is 44.7 Å². The average Bonchev–Trinajstić information content (AvgIpc) is 3.09. The summed E-state index contributed by atoms with van der Waals surface area (Å²) in [6.07, 6.45) is 4.28. The summed E-state index contributed by atoms with van der Waals surface area (Å²) in [5.74, 6) is -1.17. The number of piperidine rings is 1. The molecule has 0 bridgehead atoms. The van der Waals surface area contributed by atoms with E-state index in [0.29, 0.717) is 18.0 Å². The van der Waals surface area contributed by atoms with E-state index in [9.17, 15) is 9.59 Å². The van der Waals surface area contributed by atoms with Crippen molar-refractivity contribution in [3.8, 4) is 10.6 Å². The van der Waals surface area contributed by atoms with Gasteiger partial charge in [-0.2, -0.15) is 0 Å². The molecule has 2 heterocycles. The Morgan fingerprint density at radius 1 is 1.27 bits per heavy atom. The van der Waals surface area contributed by atoms with E-state index in [0.717, 1.165) is 48.6 Å².